The summed E-state index contributed by atoms with van der Waals surface area (Å²) < 4.78 is 0.759. The Hall–Kier alpha value is -0.580. The molecule has 1 aromatic carbocycles. The molecule has 1 aliphatic rings. The number of hydrogen-bond donors (Lipinski definition) is 1. The van der Waals surface area contributed by atoms with E-state index in [1.807, 2.05) is 11.9 Å². The molecule has 0 bridgehead atoms. The molecule has 0 spiro atoms. The largest absolute Gasteiger partial charge is 0.334 e. The van der Waals surface area contributed by atoms with Gasteiger partial charge in [0.2, 0.25) is 0 Å². The van der Waals surface area contributed by atoms with E-state index in [9.17, 15) is 4.79 Å². The molecule has 0 aromatic heterocycles. The summed E-state index contributed by atoms with van der Waals surface area (Å²) in [7, 11) is 1.92. The third-order valence-electron chi connectivity index (χ3n) is 3.24. The van der Waals surface area contributed by atoms with Crippen LogP contribution < -0.4 is 5.32 Å². The van der Waals surface area contributed by atoms with Crippen molar-refractivity contribution in [2.45, 2.75) is 18.9 Å². The highest BCUT2D eigenvalue weighted by molar-refractivity contribution is 9.10. The van der Waals surface area contributed by atoms with Crippen molar-refractivity contribution in [3.05, 3.63) is 33.3 Å². The zero-order valence-corrected chi connectivity index (χ0v) is 12.6. The molecule has 3 nitrogen and oxygen atoms in total. The predicted octanol–water partition coefficient (Wildman–Crippen LogP) is 2.93. The summed E-state index contributed by atoms with van der Waals surface area (Å²) in [4.78, 5) is 14.4. The maximum absolute atomic E-state index is 12.5. The van der Waals surface area contributed by atoms with Gasteiger partial charge < -0.3 is 10.2 Å². The van der Waals surface area contributed by atoms with E-state index in [4.69, 9.17) is 11.6 Å². The van der Waals surface area contributed by atoms with Gasteiger partial charge in [-0.3, -0.25) is 4.79 Å². The normalized spacial score (nSPS) is 19.3. The van der Waals surface area contributed by atoms with Crippen molar-refractivity contribution in [1.29, 1.82) is 0 Å². The molecule has 0 unspecified atom stereocenters. The van der Waals surface area contributed by atoms with Crippen molar-refractivity contribution in [2.75, 3.05) is 20.1 Å². The van der Waals surface area contributed by atoms with Gasteiger partial charge >= 0.3 is 0 Å². The van der Waals surface area contributed by atoms with E-state index in [2.05, 4.69) is 21.2 Å². The van der Waals surface area contributed by atoms with Gasteiger partial charge in [-0.1, -0.05) is 11.6 Å². The van der Waals surface area contributed by atoms with Crippen LogP contribution in [0, 0.1) is 0 Å². The molecule has 2 rings (SSSR count). The van der Waals surface area contributed by atoms with Crippen LogP contribution in [0.3, 0.4) is 0 Å². The number of nitrogens with one attached hydrogen (secondary N) is 1. The highest BCUT2D eigenvalue weighted by Crippen LogP contribution is 2.26. The summed E-state index contributed by atoms with van der Waals surface area (Å²) in [6, 6.07) is 5.59. The summed E-state index contributed by atoms with van der Waals surface area (Å²) in [6.07, 6.45) is 2.14. The van der Waals surface area contributed by atoms with Crippen LogP contribution in [0.4, 0.5) is 0 Å². The minimum absolute atomic E-state index is 0.0799. The van der Waals surface area contributed by atoms with Gasteiger partial charge in [0.15, 0.2) is 0 Å². The number of hydrogen-bond acceptors (Lipinski definition) is 2. The number of benzene rings is 1. The summed E-state index contributed by atoms with van der Waals surface area (Å²) in [5, 5.41) is 3.77. The molecule has 1 amide bonds. The van der Waals surface area contributed by atoms with Crippen LogP contribution in [0.2, 0.25) is 5.02 Å². The lowest BCUT2D eigenvalue weighted by atomic mass is 10.1. The second-order valence-electron chi connectivity index (χ2n) is 4.48. The van der Waals surface area contributed by atoms with Crippen molar-refractivity contribution in [1.82, 2.24) is 10.2 Å². The fourth-order valence-corrected chi connectivity index (χ4v) is 3.22. The number of carbonyl (C=O) groups excluding carboxylic acids is 1. The molecule has 0 saturated carbocycles. The van der Waals surface area contributed by atoms with Gasteiger partial charge in [0, 0.05) is 28.6 Å². The Bertz CT molecular complexity index is 453. The topological polar surface area (TPSA) is 32.3 Å². The fraction of sp³-hybridized carbons (Fsp3) is 0.462. The Morgan fingerprint density at radius 1 is 1.61 bits per heavy atom. The maximum atomic E-state index is 12.5. The van der Waals surface area contributed by atoms with Crippen molar-refractivity contribution in [2.24, 2.45) is 0 Å². The van der Waals surface area contributed by atoms with Crippen LogP contribution >= 0.6 is 27.5 Å². The second-order valence-corrected chi connectivity index (χ2v) is 5.77. The molecule has 18 heavy (non-hydrogen) atoms. The monoisotopic (exact) mass is 330 g/mol. The number of amides is 1. The van der Waals surface area contributed by atoms with Gasteiger partial charge in [0.25, 0.3) is 5.91 Å². The molecule has 0 aliphatic carbocycles. The molecule has 1 fully saturated rings. The van der Waals surface area contributed by atoms with E-state index < -0.39 is 0 Å². The average Bonchev–Trinajstić information content (AvgIpc) is 2.77. The minimum Gasteiger partial charge on any atom is -0.334 e. The lowest BCUT2D eigenvalue weighted by Crippen LogP contribution is -2.40. The Balaban J connectivity index is 2.20. The fourth-order valence-electron chi connectivity index (χ4n) is 2.37. The number of nitrogens with zero attached hydrogens (tertiary/aromatic N) is 1. The zero-order chi connectivity index (χ0) is 13.1. The highest BCUT2D eigenvalue weighted by atomic mass is 79.9. The van der Waals surface area contributed by atoms with Crippen LogP contribution in [0.25, 0.3) is 0 Å². The molecule has 98 valence electrons. The van der Waals surface area contributed by atoms with Crippen molar-refractivity contribution in [3.63, 3.8) is 0 Å². The van der Waals surface area contributed by atoms with Crippen LogP contribution in [0.15, 0.2) is 22.7 Å². The molecule has 1 heterocycles. The van der Waals surface area contributed by atoms with Crippen LogP contribution in [0.1, 0.15) is 23.2 Å². The molecule has 1 saturated heterocycles. The number of rotatable bonds is 3. The predicted molar refractivity (Wildman–Crippen MR) is 77.1 cm³/mol. The smallest absolute Gasteiger partial charge is 0.255 e. The first-order valence-electron chi connectivity index (χ1n) is 6.04. The number of likely N-dealkylation sites (tertiary alicyclic amines) is 1. The number of carbonyl (C=O) groups is 1. The van der Waals surface area contributed by atoms with Crippen molar-refractivity contribution in [3.8, 4) is 0 Å². The summed E-state index contributed by atoms with van der Waals surface area (Å²) in [5.41, 5.74) is 0.683. The van der Waals surface area contributed by atoms with E-state index >= 15 is 0 Å². The van der Waals surface area contributed by atoms with Crippen molar-refractivity contribution >= 4 is 33.4 Å². The Morgan fingerprint density at radius 3 is 3.06 bits per heavy atom. The zero-order valence-electron chi connectivity index (χ0n) is 10.2. The van der Waals surface area contributed by atoms with Gasteiger partial charge in [-0.2, -0.15) is 0 Å². The Morgan fingerprint density at radius 2 is 2.39 bits per heavy atom. The maximum Gasteiger partial charge on any atom is 0.255 e. The van der Waals surface area contributed by atoms with Crippen LogP contribution in [-0.2, 0) is 0 Å². The van der Waals surface area contributed by atoms with Crippen LogP contribution in [-0.4, -0.2) is 37.0 Å². The molecular weight excluding hydrogens is 316 g/mol. The van der Waals surface area contributed by atoms with Gasteiger partial charge in [-0.15, -0.1) is 0 Å². The molecule has 1 atom stereocenters. The molecule has 0 radical (unpaired) electrons. The molecule has 1 aromatic rings. The third kappa shape index (κ3) is 2.87. The molecule has 1 N–H and O–H groups in total. The van der Waals surface area contributed by atoms with E-state index in [-0.39, 0.29) is 5.91 Å². The van der Waals surface area contributed by atoms with E-state index in [1.165, 1.54) is 0 Å². The van der Waals surface area contributed by atoms with Crippen molar-refractivity contribution < 1.29 is 4.79 Å². The van der Waals surface area contributed by atoms with Gasteiger partial charge in [0.1, 0.15) is 0 Å². The Labute approximate surface area is 121 Å². The first-order chi connectivity index (χ1) is 8.63. The quantitative estimate of drug-likeness (QED) is 0.923. The van der Waals surface area contributed by atoms with Gasteiger partial charge in [-0.25, -0.2) is 0 Å². The first kappa shape index (κ1) is 13.8. The minimum atomic E-state index is 0.0799. The standard InChI is InChI=1S/C13H16BrClN2O/c1-16-8-10-3-2-6-17(10)13(18)11-5-4-9(15)7-12(11)14/h4-5,7,10,16H,2-3,6,8H2,1H3/t10-/m1/s1. The molecular formula is C13H16BrClN2O. The lowest BCUT2D eigenvalue weighted by Gasteiger charge is -2.25. The number of likely N-dealkylation sites (N-methyl/N-ethyl adjacent to an activating group) is 1. The second kappa shape index (κ2) is 6.04. The average molecular weight is 332 g/mol. The van der Waals surface area contributed by atoms with Crippen LogP contribution in [0.5, 0.6) is 0 Å². The first-order valence-corrected chi connectivity index (χ1v) is 7.21. The van der Waals surface area contributed by atoms with Gasteiger partial charge in [-0.05, 0) is 54.0 Å². The van der Waals surface area contributed by atoms with E-state index in [0.717, 1.165) is 30.4 Å². The summed E-state index contributed by atoms with van der Waals surface area (Å²) in [5.74, 6) is 0.0799. The van der Waals surface area contributed by atoms with E-state index in [0.29, 0.717) is 16.6 Å². The summed E-state index contributed by atoms with van der Waals surface area (Å²) in [6.45, 7) is 1.68. The van der Waals surface area contributed by atoms with Gasteiger partial charge in [0.05, 0.1) is 5.56 Å². The number of halogens is 2. The lowest BCUT2D eigenvalue weighted by molar-refractivity contribution is 0.0736. The third-order valence-corrected chi connectivity index (χ3v) is 4.13. The van der Waals surface area contributed by atoms with E-state index in [1.54, 1.807) is 18.2 Å². The Kier molecular flexibility index (Phi) is 4.65. The summed E-state index contributed by atoms with van der Waals surface area (Å²) >= 11 is 9.30. The highest BCUT2D eigenvalue weighted by Gasteiger charge is 2.29. The molecule has 1 aliphatic heterocycles. The molecule has 5 heteroatoms. The SMILES string of the molecule is CNC[C@H]1CCCN1C(=O)c1ccc(Cl)cc1Br.